The number of hydrogen-bond donors (Lipinski definition) is 0. The number of benzene rings is 1. The maximum Gasteiger partial charge on any atom is 0.180 e. The molecule has 0 aliphatic rings. The smallest absolute Gasteiger partial charge is 0.180 e. The number of rotatable bonds is 5. The average Bonchev–Trinajstić information content (AvgIpc) is 3.17. The second-order valence-electron chi connectivity index (χ2n) is 4.55. The SMILES string of the molecule is O=S(=O)(CCn1ccnc1-c1cccs1)c1ccccc1. The summed E-state index contributed by atoms with van der Waals surface area (Å²) in [4.78, 5) is 5.71. The molecular weight excluding hydrogens is 304 g/mol. The van der Waals surface area contributed by atoms with Gasteiger partial charge in [0.15, 0.2) is 9.84 Å². The first-order valence-electron chi connectivity index (χ1n) is 6.50. The van der Waals surface area contributed by atoms with E-state index in [-0.39, 0.29) is 5.75 Å². The van der Waals surface area contributed by atoms with Gasteiger partial charge in [-0.2, -0.15) is 0 Å². The van der Waals surface area contributed by atoms with Crippen molar-refractivity contribution in [2.24, 2.45) is 0 Å². The van der Waals surface area contributed by atoms with Gasteiger partial charge in [0.05, 0.1) is 15.5 Å². The van der Waals surface area contributed by atoms with Crippen LogP contribution in [-0.2, 0) is 16.4 Å². The van der Waals surface area contributed by atoms with Crippen molar-refractivity contribution in [1.82, 2.24) is 9.55 Å². The van der Waals surface area contributed by atoms with Crippen molar-refractivity contribution in [3.63, 3.8) is 0 Å². The van der Waals surface area contributed by atoms with Crippen molar-refractivity contribution in [3.8, 4) is 10.7 Å². The summed E-state index contributed by atoms with van der Waals surface area (Å²) in [6.45, 7) is 0.393. The highest BCUT2D eigenvalue weighted by atomic mass is 32.2. The van der Waals surface area contributed by atoms with Gasteiger partial charge < -0.3 is 4.57 Å². The zero-order chi connectivity index (χ0) is 14.7. The second-order valence-corrected chi connectivity index (χ2v) is 7.61. The molecule has 0 saturated heterocycles. The Hall–Kier alpha value is -1.92. The van der Waals surface area contributed by atoms with E-state index in [2.05, 4.69) is 4.98 Å². The topological polar surface area (TPSA) is 52.0 Å². The van der Waals surface area contributed by atoms with E-state index in [1.54, 1.807) is 41.8 Å². The molecule has 0 N–H and O–H groups in total. The molecule has 21 heavy (non-hydrogen) atoms. The fraction of sp³-hybridized carbons (Fsp3) is 0.133. The van der Waals surface area contributed by atoms with Gasteiger partial charge in [0.2, 0.25) is 0 Å². The van der Waals surface area contributed by atoms with Gasteiger partial charge in [-0.15, -0.1) is 11.3 Å². The molecule has 0 aliphatic carbocycles. The van der Waals surface area contributed by atoms with Crippen LogP contribution in [0.5, 0.6) is 0 Å². The fourth-order valence-electron chi connectivity index (χ4n) is 2.08. The molecule has 0 saturated carbocycles. The third kappa shape index (κ3) is 3.06. The molecule has 0 atom stereocenters. The van der Waals surface area contributed by atoms with Gasteiger partial charge in [-0.05, 0) is 23.6 Å². The van der Waals surface area contributed by atoms with Gasteiger partial charge in [-0.1, -0.05) is 24.3 Å². The Morgan fingerprint density at radius 1 is 1.10 bits per heavy atom. The zero-order valence-corrected chi connectivity index (χ0v) is 12.8. The van der Waals surface area contributed by atoms with E-state index in [9.17, 15) is 8.42 Å². The molecule has 6 heteroatoms. The molecule has 0 unspecified atom stereocenters. The largest absolute Gasteiger partial charge is 0.329 e. The van der Waals surface area contributed by atoms with Crippen molar-refractivity contribution in [2.45, 2.75) is 11.4 Å². The van der Waals surface area contributed by atoms with E-state index in [1.165, 1.54) is 0 Å². The number of sulfone groups is 1. The Morgan fingerprint density at radius 2 is 1.90 bits per heavy atom. The summed E-state index contributed by atoms with van der Waals surface area (Å²) in [5, 5.41) is 1.98. The fourth-order valence-corrected chi connectivity index (χ4v) is 4.07. The van der Waals surface area contributed by atoms with Crippen molar-refractivity contribution in [3.05, 3.63) is 60.2 Å². The Kier molecular flexibility index (Phi) is 3.90. The summed E-state index contributed by atoms with van der Waals surface area (Å²) in [6, 6.07) is 12.5. The Balaban J connectivity index is 1.79. The molecule has 0 radical (unpaired) electrons. The van der Waals surface area contributed by atoms with Crippen LogP contribution < -0.4 is 0 Å². The molecule has 0 amide bonds. The third-order valence-electron chi connectivity index (χ3n) is 3.16. The third-order valence-corrected chi connectivity index (χ3v) is 5.74. The minimum Gasteiger partial charge on any atom is -0.329 e. The highest BCUT2D eigenvalue weighted by Crippen LogP contribution is 2.23. The number of aromatic nitrogens is 2. The number of hydrogen-bond acceptors (Lipinski definition) is 4. The van der Waals surface area contributed by atoms with Gasteiger partial charge in [-0.25, -0.2) is 13.4 Å². The number of aryl methyl sites for hydroxylation is 1. The monoisotopic (exact) mass is 318 g/mol. The van der Waals surface area contributed by atoms with Gasteiger partial charge in [0.1, 0.15) is 5.82 Å². The lowest BCUT2D eigenvalue weighted by atomic mass is 10.4. The highest BCUT2D eigenvalue weighted by Gasteiger charge is 2.15. The van der Waals surface area contributed by atoms with Crippen molar-refractivity contribution in [1.29, 1.82) is 0 Å². The van der Waals surface area contributed by atoms with E-state index in [0.717, 1.165) is 10.7 Å². The van der Waals surface area contributed by atoms with Crippen LogP contribution in [0, 0.1) is 0 Å². The van der Waals surface area contributed by atoms with Crippen LogP contribution in [0.1, 0.15) is 0 Å². The predicted molar refractivity (Wildman–Crippen MR) is 84.0 cm³/mol. The lowest BCUT2D eigenvalue weighted by Crippen LogP contribution is -2.13. The minimum absolute atomic E-state index is 0.0613. The van der Waals surface area contributed by atoms with Gasteiger partial charge >= 0.3 is 0 Å². The Morgan fingerprint density at radius 3 is 2.62 bits per heavy atom. The molecule has 0 spiro atoms. The molecule has 0 bridgehead atoms. The molecule has 1 aromatic carbocycles. The van der Waals surface area contributed by atoms with Crippen molar-refractivity contribution in [2.75, 3.05) is 5.75 Å². The van der Waals surface area contributed by atoms with E-state index in [0.29, 0.717) is 11.4 Å². The molecular formula is C15H14N2O2S2. The summed E-state index contributed by atoms with van der Waals surface area (Å²) in [5.74, 6) is 0.874. The van der Waals surface area contributed by atoms with E-state index < -0.39 is 9.84 Å². The normalized spacial score (nSPS) is 11.6. The molecule has 108 valence electrons. The first-order valence-corrected chi connectivity index (χ1v) is 9.03. The van der Waals surface area contributed by atoms with Crippen molar-refractivity contribution < 1.29 is 8.42 Å². The van der Waals surface area contributed by atoms with E-state index >= 15 is 0 Å². The quantitative estimate of drug-likeness (QED) is 0.726. The minimum atomic E-state index is -3.27. The first-order chi connectivity index (χ1) is 10.2. The Bertz CT molecular complexity index is 807. The summed E-state index contributed by atoms with van der Waals surface area (Å²) in [5.41, 5.74) is 0. The second kappa shape index (κ2) is 5.83. The van der Waals surface area contributed by atoms with Gasteiger partial charge in [0, 0.05) is 18.9 Å². The number of imidazole rings is 1. The van der Waals surface area contributed by atoms with Crippen LogP contribution in [0.25, 0.3) is 10.7 Å². The molecule has 3 aromatic rings. The summed E-state index contributed by atoms with van der Waals surface area (Å²) in [6.07, 6.45) is 3.51. The van der Waals surface area contributed by atoms with E-state index in [4.69, 9.17) is 0 Å². The molecule has 0 aliphatic heterocycles. The lowest BCUT2D eigenvalue weighted by Gasteiger charge is -2.07. The zero-order valence-electron chi connectivity index (χ0n) is 11.2. The van der Waals surface area contributed by atoms with Crippen LogP contribution in [0.2, 0.25) is 0 Å². The maximum atomic E-state index is 12.3. The van der Waals surface area contributed by atoms with E-state index in [1.807, 2.05) is 34.3 Å². The molecule has 2 heterocycles. The van der Waals surface area contributed by atoms with Crippen LogP contribution >= 0.6 is 11.3 Å². The standard InChI is InChI=1S/C15H14N2O2S2/c18-21(19,13-5-2-1-3-6-13)12-10-17-9-8-16-15(17)14-7-4-11-20-14/h1-9,11H,10,12H2. The lowest BCUT2D eigenvalue weighted by molar-refractivity contribution is 0.589. The first kappa shape index (κ1) is 14.0. The molecule has 0 fully saturated rings. The molecule has 4 nitrogen and oxygen atoms in total. The summed E-state index contributed by atoms with van der Waals surface area (Å²) in [7, 11) is -3.27. The highest BCUT2D eigenvalue weighted by molar-refractivity contribution is 7.91. The molecule has 2 aromatic heterocycles. The molecule has 3 rings (SSSR count). The van der Waals surface area contributed by atoms with Gasteiger partial charge in [-0.3, -0.25) is 0 Å². The Labute approximate surface area is 127 Å². The van der Waals surface area contributed by atoms with Crippen molar-refractivity contribution >= 4 is 21.2 Å². The van der Waals surface area contributed by atoms with Crippen LogP contribution in [0.15, 0.2) is 65.1 Å². The van der Waals surface area contributed by atoms with Gasteiger partial charge in [0.25, 0.3) is 0 Å². The predicted octanol–water partition coefficient (Wildman–Crippen LogP) is 3.09. The average molecular weight is 318 g/mol. The van der Waals surface area contributed by atoms with Crippen LogP contribution in [0.4, 0.5) is 0 Å². The van der Waals surface area contributed by atoms with Crippen LogP contribution in [0.3, 0.4) is 0 Å². The number of thiophene rings is 1. The maximum absolute atomic E-state index is 12.3. The van der Waals surface area contributed by atoms with Crippen LogP contribution in [-0.4, -0.2) is 23.7 Å². The summed E-state index contributed by atoms with van der Waals surface area (Å²) < 4.78 is 26.5. The summed E-state index contributed by atoms with van der Waals surface area (Å²) >= 11 is 1.59. The number of nitrogens with zero attached hydrogens (tertiary/aromatic N) is 2.